The Morgan fingerprint density at radius 3 is 2.41 bits per heavy atom. The van der Waals surface area contributed by atoms with E-state index in [-0.39, 0.29) is 17.9 Å². The van der Waals surface area contributed by atoms with Crippen molar-refractivity contribution in [1.82, 2.24) is 4.31 Å². The second-order valence-electron chi connectivity index (χ2n) is 4.00. The first-order valence-electron chi connectivity index (χ1n) is 5.43. The highest BCUT2D eigenvalue weighted by atomic mass is 32.2. The molecule has 1 fully saturated rings. The van der Waals surface area contributed by atoms with Crippen LogP contribution in [0.3, 0.4) is 0 Å². The van der Waals surface area contributed by atoms with Gasteiger partial charge in [0.15, 0.2) is 6.30 Å². The summed E-state index contributed by atoms with van der Waals surface area (Å²) in [4.78, 5) is -0.0662. The van der Waals surface area contributed by atoms with Crippen molar-refractivity contribution in [2.45, 2.75) is 30.5 Å². The second kappa shape index (κ2) is 4.70. The first kappa shape index (κ1) is 12.4. The number of benzene rings is 1. The lowest BCUT2D eigenvalue weighted by Crippen LogP contribution is -2.41. The van der Waals surface area contributed by atoms with Crippen molar-refractivity contribution in [3.05, 3.63) is 30.1 Å². The Labute approximate surface area is 99.1 Å². The number of hydrogen-bond acceptors (Lipinski definition) is 2. The zero-order chi connectivity index (χ0) is 12.5. The fraction of sp³-hybridized carbons (Fsp3) is 0.455. The third kappa shape index (κ3) is 2.47. The molecular formula is C11H13F2NO2S. The van der Waals surface area contributed by atoms with Crippen LogP contribution in [-0.4, -0.2) is 25.6 Å². The van der Waals surface area contributed by atoms with Crippen LogP contribution in [0.4, 0.5) is 8.78 Å². The van der Waals surface area contributed by atoms with Crippen molar-refractivity contribution in [1.29, 1.82) is 0 Å². The maximum atomic E-state index is 13.6. The zero-order valence-corrected chi connectivity index (χ0v) is 9.96. The minimum atomic E-state index is -3.84. The molecule has 1 aromatic carbocycles. The number of halogens is 2. The molecule has 2 rings (SSSR count). The summed E-state index contributed by atoms with van der Waals surface area (Å²) in [5, 5.41) is 0. The van der Waals surface area contributed by atoms with Crippen LogP contribution in [0.25, 0.3) is 0 Å². The highest BCUT2D eigenvalue weighted by Crippen LogP contribution is 2.25. The summed E-state index contributed by atoms with van der Waals surface area (Å²) in [7, 11) is -3.84. The molecule has 0 amide bonds. The number of nitrogens with zero attached hydrogens (tertiary/aromatic N) is 1. The van der Waals surface area contributed by atoms with Crippen molar-refractivity contribution < 1.29 is 17.2 Å². The minimum absolute atomic E-state index is 0.0662. The molecule has 0 bridgehead atoms. The molecule has 94 valence electrons. The van der Waals surface area contributed by atoms with Gasteiger partial charge in [0.1, 0.15) is 5.82 Å². The first-order chi connectivity index (χ1) is 8.01. The smallest absolute Gasteiger partial charge is 0.229 e. The van der Waals surface area contributed by atoms with E-state index in [1.165, 1.54) is 0 Å². The lowest BCUT2D eigenvalue weighted by atomic mass is 10.2. The highest BCUT2D eigenvalue weighted by molar-refractivity contribution is 7.89. The fourth-order valence-corrected chi connectivity index (χ4v) is 3.40. The molecule has 0 spiro atoms. The van der Waals surface area contributed by atoms with E-state index in [1.807, 2.05) is 0 Å². The number of hydrogen-bond donors (Lipinski definition) is 0. The Morgan fingerprint density at radius 2 is 1.82 bits per heavy atom. The monoisotopic (exact) mass is 261 g/mol. The van der Waals surface area contributed by atoms with Crippen molar-refractivity contribution in [3.63, 3.8) is 0 Å². The molecule has 1 aromatic rings. The average molecular weight is 261 g/mol. The summed E-state index contributed by atoms with van der Waals surface area (Å²) in [5.41, 5.74) is 0. The highest BCUT2D eigenvalue weighted by Gasteiger charge is 2.33. The lowest BCUT2D eigenvalue weighted by Gasteiger charge is -2.29. The third-order valence-corrected chi connectivity index (χ3v) is 4.70. The summed E-state index contributed by atoms with van der Waals surface area (Å²) < 4.78 is 51.3. The Kier molecular flexibility index (Phi) is 3.44. The molecule has 1 heterocycles. The fourth-order valence-electron chi connectivity index (χ4n) is 1.88. The van der Waals surface area contributed by atoms with Crippen LogP contribution in [0.15, 0.2) is 29.2 Å². The van der Waals surface area contributed by atoms with E-state index in [2.05, 4.69) is 0 Å². The summed E-state index contributed by atoms with van der Waals surface area (Å²) in [5.74, 6) is -0.514. The molecule has 0 saturated carbocycles. The van der Waals surface area contributed by atoms with E-state index in [9.17, 15) is 17.2 Å². The van der Waals surface area contributed by atoms with Gasteiger partial charge in [0.25, 0.3) is 0 Å². The topological polar surface area (TPSA) is 37.4 Å². The molecule has 0 aromatic heterocycles. The van der Waals surface area contributed by atoms with E-state index >= 15 is 0 Å². The van der Waals surface area contributed by atoms with Gasteiger partial charge in [0.05, 0.1) is 4.90 Å². The SMILES string of the molecule is O=S(=O)(c1ccc(F)cc1)N1CCCCC1F. The van der Waals surface area contributed by atoms with Gasteiger partial charge in [-0.3, -0.25) is 0 Å². The Balaban J connectivity index is 2.32. The van der Waals surface area contributed by atoms with Crippen LogP contribution < -0.4 is 0 Å². The number of rotatable bonds is 2. The van der Waals surface area contributed by atoms with E-state index in [4.69, 9.17) is 0 Å². The zero-order valence-electron chi connectivity index (χ0n) is 9.14. The average Bonchev–Trinajstić information content (AvgIpc) is 2.30. The summed E-state index contributed by atoms with van der Waals surface area (Å²) >= 11 is 0. The number of sulfonamides is 1. The first-order valence-corrected chi connectivity index (χ1v) is 6.87. The normalized spacial score (nSPS) is 22.6. The van der Waals surface area contributed by atoms with E-state index in [1.54, 1.807) is 0 Å². The van der Waals surface area contributed by atoms with Gasteiger partial charge < -0.3 is 0 Å². The number of piperidine rings is 1. The molecule has 0 aliphatic carbocycles. The molecule has 1 unspecified atom stereocenters. The van der Waals surface area contributed by atoms with Crippen molar-refractivity contribution in [2.24, 2.45) is 0 Å². The van der Waals surface area contributed by atoms with Crippen LogP contribution in [-0.2, 0) is 10.0 Å². The van der Waals surface area contributed by atoms with E-state index in [0.717, 1.165) is 28.6 Å². The van der Waals surface area contributed by atoms with Gasteiger partial charge in [-0.05, 0) is 43.5 Å². The van der Waals surface area contributed by atoms with Gasteiger partial charge in [-0.2, -0.15) is 4.31 Å². The Morgan fingerprint density at radius 1 is 1.18 bits per heavy atom. The van der Waals surface area contributed by atoms with Crippen LogP contribution in [0.5, 0.6) is 0 Å². The largest absolute Gasteiger partial charge is 0.245 e. The van der Waals surface area contributed by atoms with Crippen LogP contribution >= 0.6 is 0 Å². The molecule has 1 saturated heterocycles. The summed E-state index contributed by atoms with van der Waals surface area (Å²) in [6.45, 7) is 0.181. The molecule has 3 nitrogen and oxygen atoms in total. The molecule has 6 heteroatoms. The van der Waals surface area contributed by atoms with E-state index < -0.39 is 22.1 Å². The predicted molar refractivity (Wildman–Crippen MR) is 59.0 cm³/mol. The molecular weight excluding hydrogens is 248 g/mol. The summed E-state index contributed by atoms with van der Waals surface area (Å²) in [6, 6.07) is 4.44. The minimum Gasteiger partial charge on any atom is -0.229 e. The van der Waals surface area contributed by atoms with Crippen molar-refractivity contribution in [2.75, 3.05) is 6.54 Å². The molecule has 17 heavy (non-hydrogen) atoms. The molecule has 1 aliphatic heterocycles. The molecule has 0 radical (unpaired) electrons. The summed E-state index contributed by atoms with van der Waals surface area (Å²) in [6.07, 6.45) is 0.0940. The van der Waals surface area contributed by atoms with Gasteiger partial charge in [0.2, 0.25) is 10.0 Å². The van der Waals surface area contributed by atoms with Crippen LogP contribution in [0.2, 0.25) is 0 Å². The quantitative estimate of drug-likeness (QED) is 0.766. The van der Waals surface area contributed by atoms with Gasteiger partial charge in [-0.15, -0.1) is 0 Å². The van der Waals surface area contributed by atoms with Crippen molar-refractivity contribution in [3.8, 4) is 0 Å². The second-order valence-corrected chi connectivity index (χ2v) is 5.89. The standard InChI is InChI=1S/C11H13F2NO2S/c12-9-4-6-10(7-5-9)17(15,16)14-8-2-1-3-11(14)13/h4-7,11H,1-3,8H2. The predicted octanol–water partition coefficient (Wildman–Crippen LogP) is 2.30. The van der Waals surface area contributed by atoms with Crippen molar-refractivity contribution >= 4 is 10.0 Å². The maximum absolute atomic E-state index is 13.6. The molecule has 1 atom stereocenters. The van der Waals surface area contributed by atoms with Gasteiger partial charge in [-0.25, -0.2) is 17.2 Å². The maximum Gasteiger partial charge on any atom is 0.245 e. The van der Waals surface area contributed by atoms with Gasteiger partial charge >= 0.3 is 0 Å². The lowest BCUT2D eigenvalue weighted by molar-refractivity contribution is 0.122. The Hall–Kier alpha value is -1.01. The number of alkyl halides is 1. The molecule has 1 aliphatic rings. The third-order valence-electron chi connectivity index (χ3n) is 2.80. The van der Waals surface area contributed by atoms with Gasteiger partial charge in [-0.1, -0.05) is 0 Å². The Bertz CT molecular complexity index is 487. The van der Waals surface area contributed by atoms with Gasteiger partial charge in [0, 0.05) is 6.54 Å². The van der Waals surface area contributed by atoms with Crippen LogP contribution in [0, 0.1) is 5.82 Å². The van der Waals surface area contributed by atoms with Crippen LogP contribution in [0.1, 0.15) is 19.3 Å². The molecule has 0 N–H and O–H groups in total. The van der Waals surface area contributed by atoms with E-state index in [0.29, 0.717) is 12.8 Å².